The maximum atomic E-state index is 13.4. The van der Waals surface area contributed by atoms with Crippen molar-refractivity contribution < 1.29 is 17.6 Å². The van der Waals surface area contributed by atoms with Gasteiger partial charge in [0, 0.05) is 35.9 Å². The first-order chi connectivity index (χ1) is 15.2. The number of amides is 1. The van der Waals surface area contributed by atoms with Gasteiger partial charge in [-0.2, -0.15) is 22.5 Å². The third-order valence-electron chi connectivity index (χ3n) is 5.31. The summed E-state index contributed by atoms with van der Waals surface area (Å²) < 4.78 is 44.3. The molecule has 0 radical (unpaired) electrons. The molecule has 0 spiro atoms. The highest BCUT2D eigenvalue weighted by Gasteiger charge is 2.41. The molecule has 1 saturated heterocycles. The van der Waals surface area contributed by atoms with Gasteiger partial charge in [0.15, 0.2) is 0 Å². The van der Waals surface area contributed by atoms with Crippen molar-refractivity contribution >= 4 is 44.7 Å². The van der Waals surface area contributed by atoms with E-state index in [-0.39, 0.29) is 17.1 Å². The average molecular weight is 498 g/mol. The molecule has 4 rings (SSSR count). The minimum atomic E-state index is -3.89. The topological polar surface area (TPSA) is 96.3 Å². The summed E-state index contributed by atoms with van der Waals surface area (Å²) in [5.41, 5.74) is 2.16. The van der Waals surface area contributed by atoms with Gasteiger partial charge in [-0.25, -0.2) is 4.39 Å². The molecule has 1 aromatic carbocycles. The highest BCUT2D eigenvalue weighted by Crippen LogP contribution is 2.35. The van der Waals surface area contributed by atoms with E-state index in [1.54, 1.807) is 6.20 Å². The number of rotatable bonds is 5. The van der Waals surface area contributed by atoms with E-state index in [0.717, 1.165) is 32.9 Å². The Morgan fingerprint density at radius 1 is 1.38 bits per heavy atom. The molecule has 0 bridgehead atoms. The number of likely N-dealkylation sites (N-methyl/N-ethyl adjacent to an activating group) is 1. The van der Waals surface area contributed by atoms with E-state index in [0.29, 0.717) is 0 Å². The van der Waals surface area contributed by atoms with Crippen LogP contribution in [0.4, 0.5) is 10.1 Å². The van der Waals surface area contributed by atoms with Gasteiger partial charge < -0.3 is 5.32 Å². The normalized spacial score (nSPS) is 20.9. The van der Waals surface area contributed by atoms with Crippen LogP contribution in [0.5, 0.6) is 0 Å². The average Bonchev–Trinajstić information content (AvgIpc) is 3.42. The van der Waals surface area contributed by atoms with Crippen LogP contribution in [-0.4, -0.2) is 41.5 Å². The monoisotopic (exact) mass is 497 g/mol. The largest absolute Gasteiger partial charge is 0.325 e. The van der Waals surface area contributed by atoms with Crippen LogP contribution in [0, 0.1) is 5.82 Å². The van der Waals surface area contributed by atoms with Gasteiger partial charge in [-0.15, -0.1) is 11.3 Å². The highest BCUT2D eigenvalue weighted by atomic mass is 35.5. The molecule has 170 valence electrons. The zero-order chi connectivity index (χ0) is 23.0. The molecule has 32 heavy (non-hydrogen) atoms. The van der Waals surface area contributed by atoms with Crippen molar-refractivity contribution in [2.24, 2.45) is 0 Å². The molecule has 0 saturated carbocycles. The number of nitrogens with zero attached hydrogens (tertiary/aromatic N) is 3. The first-order valence-corrected chi connectivity index (χ1v) is 12.5. The van der Waals surface area contributed by atoms with Crippen LogP contribution < -0.4 is 10.0 Å². The Bertz CT molecular complexity index is 1260. The van der Waals surface area contributed by atoms with Gasteiger partial charge in [-0.3, -0.25) is 9.48 Å². The molecule has 1 aliphatic rings. The molecule has 1 fully saturated rings. The summed E-state index contributed by atoms with van der Waals surface area (Å²) in [6, 6.07) is 4.18. The molecule has 2 aromatic heterocycles. The molecule has 2 N–H and O–H groups in total. The molecule has 3 aromatic rings. The van der Waals surface area contributed by atoms with Gasteiger partial charge in [-0.1, -0.05) is 11.6 Å². The molecular weight excluding hydrogens is 477 g/mol. The number of nitrogens with one attached hydrogen (secondary N) is 2. The SMILES string of the molecule is CCn1cc(-c2csc(C3CC(C(=O)Nc4ccc(F)c(Cl)c4)N(C)S(=O)(=O)N3)c2)cn1. The van der Waals surface area contributed by atoms with Crippen molar-refractivity contribution in [3.05, 3.63) is 57.8 Å². The summed E-state index contributed by atoms with van der Waals surface area (Å²) in [5, 5.41) is 8.70. The van der Waals surface area contributed by atoms with E-state index in [4.69, 9.17) is 11.6 Å². The van der Waals surface area contributed by atoms with Crippen molar-refractivity contribution in [2.75, 3.05) is 12.4 Å². The second kappa shape index (κ2) is 8.91. The standard InChI is InChI=1S/C20H21ClFN5O3S2/c1-3-27-10-13(9-23-27)12-6-19(31-11-12)17-8-18(26(2)32(29,30)25-17)20(28)24-14-4-5-16(22)15(21)7-14/h4-7,9-11,17-18,25H,3,8H2,1-2H3,(H,24,28). The van der Waals surface area contributed by atoms with Gasteiger partial charge in [0.05, 0.1) is 17.3 Å². The number of halogens is 2. The van der Waals surface area contributed by atoms with Crippen LogP contribution in [0.15, 0.2) is 42.0 Å². The Morgan fingerprint density at radius 2 is 2.16 bits per heavy atom. The number of aromatic nitrogens is 2. The van der Waals surface area contributed by atoms with Gasteiger partial charge in [0.1, 0.15) is 11.9 Å². The lowest BCUT2D eigenvalue weighted by atomic mass is 10.0. The number of anilines is 1. The third-order valence-corrected chi connectivity index (χ3v) is 8.24. The van der Waals surface area contributed by atoms with Crippen LogP contribution in [0.25, 0.3) is 11.1 Å². The first kappa shape index (κ1) is 22.9. The van der Waals surface area contributed by atoms with E-state index >= 15 is 0 Å². The van der Waals surface area contributed by atoms with Gasteiger partial charge in [-0.05, 0) is 48.6 Å². The number of carbonyl (C=O) groups is 1. The Hall–Kier alpha value is -2.31. The van der Waals surface area contributed by atoms with Gasteiger partial charge in [0.2, 0.25) is 5.91 Å². The molecule has 1 aliphatic heterocycles. The van der Waals surface area contributed by atoms with E-state index in [1.807, 2.05) is 29.2 Å². The van der Waals surface area contributed by atoms with E-state index < -0.39 is 34.0 Å². The van der Waals surface area contributed by atoms with Crippen LogP contribution in [-0.2, 0) is 21.5 Å². The zero-order valence-corrected chi connectivity index (χ0v) is 19.6. The maximum Gasteiger partial charge on any atom is 0.280 e. The number of aryl methyl sites for hydroxylation is 1. The summed E-state index contributed by atoms with van der Waals surface area (Å²) in [5.74, 6) is -1.13. The third kappa shape index (κ3) is 4.57. The van der Waals surface area contributed by atoms with Gasteiger partial charge in [0.25, 0.3) is 10.2 Å². The van der Waals surface area contributed by atoms with E-state index in [1.165, 1.54) is 30.5 Å². The molecule has 2 atom stereocenters. The number of carbonyl (C=O) groups excluding carboxylic acids is 1. The quantitative estimate of drug-likeness (QED) is 0.562. The highest BCUT2D eigenvalue weighted by molar-refractivity contribution is 7.87. The maximum absolute atomic E-state index is 13.4. The zero-order valence-electron chi connectivity index (χ0n) is 17.2. The lowest BCUT2D eigenvalue weighted by Gasteiger charge is -2.35. The summed E-state index contributed by atoms with van der Waals surface area (Å²) >= 11 is 7.19. The lowest BCUT2D eigenvalue weighted by molar-refractivity contribution is -0.120. The summed E-state index contributed by atoms with van der Waals surface area (Å²) in [4.78, 5) is 13.7. The molecule has 0 aliphatic carbocycles. The summed E-state index contributed by atoms with van der Waals surface area (Å²) in [6.07, 6.45) is 3.91. The minimum absolute atomic E-state index is 0.135. The van der Waals surface area contributed by atoms with Crippen molar-refractivity contribution in [3.63, 3.8) is 0 Å². The Kier molecular flexibility index (Phi) is 6.37. The van der Waals surface area contributed by atoms with Crippen LogP contribution in [0.1, 0.15) is 24.3 Å². The second-order valence-corrected chi connectivity index (χ2v) is 10.5. The number of hydrogen-bond donors (Lipinski definition) is 2. The fourth-order valence-electron chi connectivity index (χ4n) is 3.47. The van der Waals surface area contributed by atoms with Crippen molar-refractivity contribution in [1.82, 2.24) is 18.8 Å². The minimum Gasteiger partial charge on any atom is -0.325 e. The van der Waals surface area contributed by atoms with E-state index in [2.05, 4.69) is 15.1 Å². The smallest absolute Gasteiger partial charge is 0.280 e. The van der Waals surface area contributed by atoms with E-state index in [9.17, 15) is 17.6 Å². The molecule has 3 heterocycles. The Labute approximate surface area is 194 Å². The fraction of sp³-hybridized carbons (Fsp3) is 0.300. The van der Waals surface area contributed by atoms with Crippen LogP contribution >= 0.6 is 22.9 Å². The number of hydrogen-bond acceptors (Lipinski definition) is 5. The first-order valence-electron chi connectivity index (χ1n) is 9.80. The Morgan fingerprint density at radius 3 is 2.84 bits per heavy atom. The molecule has 12 heteroatoms. The number of thiophene rings is 1. The van der Waals surface area contributed by atoms with Gasteiger partial charge >= 0.3 is 0 Å². The predicted molar refractivity (Wildman–Crippen MR) is 122 cm³/mol. The molecular formula is C20H21ClFN5O3S2. The molecule has 1 amide bonds. The van der Waals surface area contributed by atoms with Crippen LogP contribution in [0.2, 0.25) is 5.02 Å². The van der Waals surface area contributed by atoms with Crippen molar-refractivity contribution in [3.8, 4) is 11.1 Å². The lowest BCUT2D eigenvalue weighted by Crippen LogP contribution is -2.55. The summed E-state index contributed by atoms with van der Waals surface area (Å²) in [7, 11) is -2.54. The number of benzene rings is 1. The predicted octanol–water partition coefficient (Wildman–Crippen LogP) is 3.64. The molecule has 8 nitrogen and oxygen atoms in total. The van der Waals surface area contributed by atoms with Crippen molar-refractivity contribution in [1.29, 1.82) is 0 Å². The Balaban J connectivity index is 1.56. The fourth-order valence-corrected chi connectivity index (χ4v) is 5.97. The van der Waals surface area contributed by atoms with Crippen molar-refractivity contribution in [2.45, 2.75) is 32.0 Å². The van der Waals surface area contributed by atoms with Crippen LogP contribution in [0.3, 0.4) is 0 Å². The molecule has 2 unspecified atom stereocenters. The second-order valence-electron chi connectivity index (χ2n) is 7.38. The summed E-state index contributed by atoms with van der Waals surface area (Å²) in [6.45, 7) is 2.75.